The molecule has 0 N–H and O–H groups in total. The number of aryl methyl sites for hydroxylation is 1. The SMILES string of the molecule is CCC[C@H]1N(S(=O)(=O)c2ccc(C)cc2)[C@@]1(C=O)CC. The molecule has 3 atom stereocenters. The van der Waals surface area contributed by atoms with Crippen LogP contribution in [0.3, 0.4) is 0 Å². The highest BCUT2D eigenvalue weighted by Crippen LogP contribution is 2.49. The number of carbonyl (C=O) groups is 1. The first-order valence-electron chi connectivity index (χ1n) is 7.01. The minimum absolute atomic E-state index is 0.193. The predicted molar refractivity (Wildman–Crippen MR) is 78.0 cm³/mol. The number of benzene rings is 1. The Hall–Kier alpha value is -1.20. The zero-order chi connectivity index (χ0) is 15.0. The van der Waals surface area contributed by atoms with Crippen LogP contribution in [-0.4, -0.2) is 30.6 Å². The van der Waals surface area contributed by atoms with Crippen LogP contribution in [0.15, 0.2) is 29.2 Å². The molecule has 0 bridgehead atoms. The first kappa shape index (κ1) is 15.2. The van der Waals surface area contributed by atoms with Crippen molar-refractivity contribution in [3.05, 3.63) is 29.8 Å². The lowest BCUT2D eigenvalue weighted by atomic mass is 10.0. The maximum absolute atomic E-state index is 12.7. The Bertz CT molecular complexity index is 594. The van der Waals surface area contributed by atoms with Gasteiger partial charge in [-0.05, 0) is 31.9 Å². The van der Waals surface area contributed by atoms with Crippen LogP contribution in [0.25, 0.3) is 0 Å². The van der Waals surface area contributed by atoms with Gasteiger partial charge >= 0.3 is 0 Å². The van der Waals surface area contributed by atoms with Gasteiger partial charge in [-0.1, -0.05) is 38.0 Å². The van der Waals surface area contributed by atoms with Crippen molar-refractivity contribution in [2.75, 3.05) is 0 Å². The Morgan fingerprint density at radius 1 is 1.25 bits per heavy atom. The van der Waals surface area contributed by atoms with Gasteiger partial charge in [0.1, 0.15) is 11.8 Å². The molecular weight excluding hydrogens is 274 g/mol. The fraction of sp³-hybridized carbons (Fsp3) is 0.533. The highest BCUT2D eigenvalue weighted by molar-refractivity contribution is 7.89. The fourth-order valence-electron chi connectivity index (χ4n) is 2.84. The number of hydrogen-bond acceptors (Lipinski definition) is 3. The third-order valence-electron chi connectivity index (χ3n) is 4.11. The Morgan fingerprint density at radius 3 is 2.30 bits per heavy atom. The normalized spacial score (nSPS) is 29.1. The minimum Gasteiger partial charge on any atom is -0.301 e. The molecule has 0 aliphatic carbocycles. The lowest BCUT2D eigenvalue weighted by Crippen LogP contribution is -2.24. The average Bonchev–Trinajstić information content (AvgIpc) is 3.09. The molecule has 1 saturated heterocycles. The second-order valence-corrected chi connectivity index (χ2v) is 7.20. The molecule has 0 radical (unpaired) electrons. The largest absolute Gasteiger partial charge is 0.301 e. The molecule has 0 saturated carbocycles. The Morgan fingerprint density at radius 2 is 1.85 bits per heavy atom. The third-order valence-corrected chi connectivity index (χ3v) is 6.09. The molecule has 1 unspecified atom stereocenters. The van der Waals surface area contributed by atoms with Gasteiger partial charge in [0.2, 0.25) is 10.0 Å². The van der Waals surface area contributed by atoms with Gasteiger partial charge in [0.25, 0.3) is 0 Å². The molecule has 1 aromatic rings. The van der Waals surface area contributed by atoms with Crippen molar-refractivity contribution < 1.29 is 13.2 Å². The quantitative estimate of drug-likeness (QED) is 0.598. The summed E-state index contributed by atoms with van der Waals surface area (Å²) in [5.41, 5.74) is 0.178. The molecule has 0 spiro atoms. The van der Waals surface area contributed by atoms with Crippen LogP contribution < -0.4 is 0 Å². The monoisotopic (exact) mass is 295 g/mol. The van der Waals surface area contributed by atoms with Crippen LogP contribution >= 0.6 is 0 Å². The van der Waals surface area contributed by atoms with E-state index < -0.39 is 15.6 Å². The van der Waals surface area contributed by atoms with E-state index in [1.165, 1.54) is 4.31 Å². The maximum Gasteiger partial charge on any atom is 0.244 e. The predicted octanol–water partition coefficient (Wildman–Crippen LogP) is 2.52. The number of nitrogens with zero attached hydrogens (tertiary/aromatic N) is 1. The second kappa shape index (κ2) is 5.30. The summed E-state index contributed by atoms with van der Waals surface area (Å²) in [4.78, 5) is 11.7. The molecule has 1 heterocycles. The molecule has 1 aliphatic rings. The molecule has 110 valence electrons. The Balaban J connectivity index is 2.39. The van der Waals surface area contributed by atoms with E-state index in [0.29, 0.717) is 6.42 Å². The van der Waals surface area contributed by atoms with E-state index in [-0.39, 0.29) is 10.9 Å². The number of carbonyl (C=O) groups excluding carboxylic acids is 1. The minimum atomic E-state index is -3.58. The molecule has 1 fully saturated rings. The summed E-state index contributed by atoms with van der Waals surface area (Å²) in [6, 6.07) is 6.58. The van der Waals surface area contributed by atoms with Crippen molar-refractivity contribution in [1.82, 2.24) is 4.31 Å². The van der Waals surface area contributed by atoms with Gasteiger partial charge in [-0.25, -0.2) is 8.42 Å². The lowest BCUT2D eigenvalue weighted by Gasteiger charge is -2.09. The van der Waals surface area contributed by atoms with Crippen molar-refractivity contribution in [3.63, 3.8) is 0 Å². The van der Waals surface area contributed by atoms with Gasteiger partial charge in [-0.3, -0.25) is 0 Å². The third kappa shape index (κ3) is 2.19. The fourth-order valence-corrected chi connectivity index (χ4v) is 4.87. The van der Waals surface area contributed by atoms with Crippen molar-refractivity contribution in [1.29, 1.82) is 0 Å². The number of hydrogen-bond donors (Lipinski definition) is 0. The summed E-state index contributed by atoms with van der Waals surface area (Å²) in [5.74, 6) is 0. The van der Waals surface area contributed by atoms with Crippen molar-refractivity contribution >= 4 is 16.3 Å². The standard InChI is InChI=1S/C15H21NO3S/c1-4-6-14-15(5-2,11-17)16(14)20(18,19)13-9-7-12(3)8-10-13/h7-11,14H,4-6H2,1-3H3/t14-,15-,16?/m1/s1. The number of aldehydes is 1. The smallest absolute Gasteiger partial charge is 0.244 e. The van der Waals surface area contributed by atoms with Gasteiger partial charge < -0.3 is 4.79 Å². The molecule has 1 aliphatic heterocycles. The summed E-state index contributed by atoms with van der Waals surface area (Å²) in [5, 5.41) is 0. The average molecular weight is 295 g/mol. The van der Waals surface area contributed by atoms with E-state index in [2.05, 4.69) is 0 Å². The van der Waals surface area contributed by atoms with Crippen molar-refractivity contribution in [3.8, 4) is 0 Å². The highest BCUT2D eigenvalue weighted by Gasteiger charge is 2.66. The van der Waals surface area contributed by atoms with Gasteiger partial charge in [-0.15, -0.1) is 0 Å². The molecular formula is C15H21NO3S. The summed E-state index contributed by atoms with van der Waals surface area (Å²) >= 11 is 0. The molecule has 0 aromatic heterocycles. The molecule has 1 aromatic carbocycles. The zero-order valence-electron chi connectivity index (χ0n) is 12.2. The van der Waals surface area contributed by atoms with Crippen LogP contribution in [-0.2, 0) is 14.8 Å². The number of rotatable bonds is 6. The Kier molecular flexibility index (Phi) is 4.02. The molecule has 4 nitrogen and oxygen atoms in total. The molecule has 20 heavy (non-hydrogen) atoms. The van der Waals surface area contributed by atoms with Gasteiger partial charge in [-0.2, -0.15) is 4.31 Å². The summed E-state index contributed by atoms with van der Waals surface area (Å²) in [7, 11) is -3.58. The highest BCUT2D eigenvalue weighted by atomic mass is 32.2. The van der Waals surface area contributed by atoms with E-state index in [1.807, 2.05) is 20.8 Å². The van der Waals surface area contributed by atoms with Gasteiger partial charge in [0, 0.05) is 0 Å². The van der Waals surface area contributed by atoms with E-state index in [9.17, 15) is 13.2 Å². The zero-order valence-corrected chi connectivity index (χ0v) is 13.0. The van der Waals surface area contributed by atoms with E-state index in [1.54, 1.807) is 24.3 Å². The summed E-state index contributed by atoms with van der Waals surface area (Å²) in [6.07, 6.45) is 2.91. The van der Waals surface area contributed by atoms with E-state index in [0.717, 1.165) is 24.7 Å². The Labute approximate surface area is 120 Å². The first-order valence-corrected chi connectivity index (χ1v) is 8.45. The number of sulfonamides is 1. The first-order chi connectivity index (χ1) is 9.44. The van der Waals surface area contributed by atoms with Crippen molar-refractivity contribution in [2.45, 2.75) is 56.5 Å². The molecule has 5 heteroatoms. The lowest BCUT2D eigenvalue weighted by molar-refractivity contribution is -0.110. The van der Waals surface area contributed by atoms with Crippen LogP contribution in [0.1, 0.15) is 38.7 Å². The molecule has 2 rings (SSSR count). The van der Waals surface area contributed by atoms with E-state index in [4.69, 9.17) is 0 Å². The van der Waals surface area contributed by atoms with Gasteiger partial charge in [0.15, 0.2) is 0 Å². The van der Waals surface area contributed by atoms with Crippen LogP contribution in [0.4, 0.5) is 0 Å². The maximum atomic E-state index is 12.7. The van der Waals surface area contributed by atoms with E-state index >= 15 is 0 Å². The summed E-state index contributed by atoms with van der Waals surface area (Å²) < 4.78 is 26.8. The summed E-state index contributed by atoms with van der Waals surface area (Å²) in [6.45, 7) is 5.78. The van der Waals surface area contributed by atoms with Crippen LogP contribution in [0.5, 0.6) is 0 Å². The van der Waals surface area contributed by atoms with Crippen molar-refractivity contribution in [2.24, 2.45) is 0 Å². The second-order valence-electron chi connectivity index (χ2n) is 5.38. The van der Waals surface area contributed by atoms with Crippen LogP contribution in [0.2, 0.25) is 0 Å². The van der Waals surface area contributed by atoms with Crippen LogP contribution in [0, 0.1) is 6.92 Å². The topological polar surface area (TPSA) is 54.2 Å². The molecule has 0 amide bonds. The van der Waals surface area contributed by atoms with Gasteiger partial charge in [0.05, 0.1) is 10.9 Å².